The van der Waals surface area contributed by atoms with Gasteiger partial charge in [0.2, 0.25) is 0 Å². The SMILES string of the molecule is CCCNC1CC[C@@H](C)C1. The lowest BCUT2D eigenvalue weighted by atomic mass is 10.1. The van der Waals surface area contributed by atoms with Crippen LogP contribution in [0.2, 0.25) is 0 Å². The molecule has 0 amide bonds. The normalized spacial score (nSPS) is 33.0. The molecular formula is C9H19N. The minimum Gasteiger partial charge on any atom is -0.314 e. The Balaban J connectivity index is 2.06. The smallest absolute Gasteiger partial charge is 0.00696 e. The molecule has 0 radical (unpaired) electrons. The second-order valence-electron chi connectivity index (χ2n) is 3.57. The Morgan fingerprint density at radius 2 is 2.20 bits per heavy atom. The summed E-state index contributed by atoms with van der Waals surface area (Å²) in [6.07, 6.45) is 5.51. The molecule has 0 aromatic heterocycles. The van der Waals surface area contributed by atoms with E-state index in [-0.39, 0.29) is 0 Å². The highest BCUT2D eigenvalue weighted by atomic mass is 14.9. The predicted octanol–water partition coefficient (Wildman–Crippen LogP) is 2.17. The lowest BCUT2D eigenvalue weighted by Crippen LogP contribution is -2.26. The first-order valence-electron chi connectivity index (χ1n) is 4.56. The van der Waals surface area contributed by atoms with Crippen LogP contribution in [-0.2, 0) is 0 Å². The van der Waals surface area contributed by atoms with Gasteiger partial charge in [0.05, 0.1) is 0 Å². The Kier molecular flexibility index (Phi) is 3.20. The molecule has 10 heavy (non-hydrogen) atoms. The highest BCUT2D eigenvalue weighted by Crippen LogP contribution is 2.24. The van der Waals surface area contributed by atoms with Gasteiger partial charge in [-0.05, 0) is 38.1 Å². The van der Waals surface area contributed by atoms with Crippen LogP contribution in [-0.4, -0.2) is 12.6 Å². The number of hydrogen-bond acceptors (Lipinski definition) is 1. The topological polar surface area (TPSA) is 12.0 Å². The quantitative estimate of drug-likeness (QED) is 0.635. The maximum absolute atomic E-state index is 3.56. The van der Waals surface area contributed by atoms with Crippen LogP contribution in [0.3, 0.4) is 0 Å². The van der Waals surface area contributed by atoms with Gasteiger partial charge < -0.3 is 5.32 Å². The third kappa shape index (κ3) is 2.30. The average molecular weight is 141 g/mol. The molecule has 0 aromatic carbocycles. The minimum absolute atomic E-state index is 0.843. The van der Waals surface area contributed by atoms with Gasteiger partial charge >= 0.3 is 0 Å². The second kappa shape index (κ2) is 3.97. The molecule has 1 unspecified atom stereocenters. The van der Waals surface area contributed by atoms with Crippen molar-refractivity contribution in [1.29, 1.82) is 0 Å². The van der Waals surface area contributed by atoms with E-state index in [4.69, 9.17) is 0 Å². The first-order valence-corrected chi connectivity index (χ1v) is 4.56. The van der Waals surface area contributed by atoms with Crippen LogP contribution in [0, 0.1) is 5.92 Å². The van der Waals surface area contributed by atoms with E-state index < -0.39 is 0 Å². The van der Waals surface area contributed by atoms with Gasteiger partial charge in [-0.3, -0.25) is 0 Å². The van der Waals surface area contributed by atoms with Crippen LogP contribution in [0.15, 0.2) is 0 Å². The molecule has 1 aliphatic rings. The summed E-state index contributed by atoms with van der Waals surface area (Å²) in [5, 5.41) is 3.56. The molecule has 1 N–H and O–H groups in total. The lowest BCUT2D eigenvalue weighted by molar-refractivity contribution is 0.502. The van der Waals surface area contributed by atoms with Crippen molar-refractivity contribution in [3.05, 3.63) is 0 Å². The van der Waals surface area contributed by atoms with Crippen molar-refractivity contribution in [2.45, 2.75) is 45.6 Å². The Bertz CT molecular complexity index is 90.7. The maximum Gasteiger partial charge on any atom is 0.00696 e. The van der Waals surface area contributed by atoms with Crippen LogP contribution in [0.5, 0.6) is 0 Å². The lowest BCUT2D eigenvalue weighted by Gasteiger charge is -2.10. The van der Waals surface area contributed by atoms with Crippen molar-refractivity contribution in [3.8, 4) is 0 Å². The summed E-state index contributed by atoms with van der Waals surface area (Å²) < 4.78 is 0. The van der Waals surface area contributed by atoms with Gasteiger partial charge in [0.1, 0.15) is 0 Å². The molecule has 1 aliphatic carbocycles. The molecule has 60 valence electrons. The van der Waals surface area contributed by atoms with Gasteiger partial charge in [-0.2, -0.15) is 0 Å². The van der Waals surface area contributed by atoms with E-state index in [1.807, 2.05) is 0 Å². The number of nitrogens with one attached hydrogen (secondary N) is 1. The fraction of sp³-hybridized carbons (Fsp3) is 1.00. The van der Waals surface area contributed by atoms with Gasteiger partial charge in [0, 0.05) is 6.04 Å². The van der Waals surface area contributed by atoms with Gasteiger partial charge in [-0.25, -0.2) is 0 Å². The van der Waals surface area contributed by atoms with E-state index >= 15 is 0 Å². The van der Waals surface area contributed by atoms with Crippen molar-refractivity contribution < 1.29 is 0 Å². The van der Waals surface area contributed by atoms with E-state index in [9.17, 15) is 0 Å². The molecule has 0 spiro atoms. The molecule has 1 saturated carbocycles. The van der Waals surface area contributed by atoms with Crippen molar-refractivity contribution in [3.63, 3.8) is 0 Å². The van der Waals surface area contributed by atoms with Crippen molar-refractivity contribution in [1.82, 2.24) is 5.32 Å². The first kappa shape index (κ1) is 8.06. The molecule has 1 fully saturated rings. The summed E-state index contributed by atoms with van der Waals surface area (Å²) in [6, 6.07) is 0.843. The van der Waals surface area contributed by atoms with Crippen LogP contribution < -0.4 is 5.32 Å². The fourth-order valence-corrected chi connectivity index (χ4v) is 1.74. The molecular weight excluding hydrogens is 122 g/mol. The van der Waals surface area contributed by atoms with Crippen LogP contribution in [0.25, 0.3) is 0 Å². The summed E-state index contributed by atoms with van der Waals surface area (Å²) in [5.74, 6) is 0.967. The highest BCUT2D eigenvalue weighted by molar-refractivity contribution is 4.77. The number of rotatable bonds is 3. The number of hydrogen-bond donors (Lipinski definition) is 1. The van der Waals surface area contributed by atoms with Gasteiger partial charge in [0.15, 0.2) is 0 Å². The van der Waals surface area contributed by atoms with Gasteiger partial charge in [0.25, 0.3) is 0 Å². The minimum atomic E-state index is 0.843. The zero-order valence-corrected chi connectivity index (χ0v) is 7.19. The van der Waals surface area contributed by atoms with Crippen LogP contribution in [0.1, 0.15) is 39.5 Å². The summed E-state index contributed by atoms with van der Waals surface area (Å²) in [7, 11) is 0. The third-order valence-electron chi connectivity index (χ3n) is 2.38. The molecule has 2 atom stereocenters. The van der Waals surface area contributed by atoms with E-state index in [2.05, 4.69) is 19.2 Å². The van der Waals surface area contributed by atoms with Crippen molar-refractivity contribution in [2.24, 2.45) is 5.92 Å². The first-order chi connectivity index (χ1) is 4.83. The van der Waals surface area contributed by atoms with Gasteiger partial charge in [-0.1, -0.05) is 13.8 Å². The Morgan fingerprint density at radius 3 is 2.70 bits per heavy atom. The largest absolute Gasteiger partial charge is 0.314 e. The second-order valence-corrected chi connectivity index (χ2v) is 3.57. The van der Waals surface area contributed by atoms with Crippen molar-refractivity contribution >= 4 is 0 Å². The van der Waals surface area contributed by atoms with E-state index in [0.29, 0.717) is 0 Å². The third-order valence-corrected chi connectivity index (χ3v) is 2.38. The predicted molar refractivity (Wildman–Crippen MR) is 45.1 cm³/mol. The summed E-state index contributed by atoms with van der Waals surface area (Å²) >= 11 is 0. The van der Waals surface area contributed by atoms with Crippen molar-refractivity contribution in [2.75, 3.05) is 6.54 Å². The Morgan fingerprint density at radius 1 is 1.40 bits per heavy atom. The zero-order valence-electron chi connectivity index (χ0n) is 7.19. The molecule has 0 bridgehead atoms. The zero-order chi connectivity index (χ0) is 7.40. The average Bonchev–Trinajstić information content (AvgIpc) is 2.31. The van der Waals surface area contributed by atoms with E-state index in [0.717, 1.165) is 12.0 Å². The highest BCUT2D eigenvalue weighted by Gasteiger charge is 2.19. The molecule has 1 nitrogen and oxygen atoms in total. The molecule has 0 aromatic rings. The molecule has 1 rings (SSSR count). The summed E-state index contributed by atoms with van der Waals surface area (Å²) in [4.78, 5) is 0. The molecule has 0 aliphatic heterocycles. The summed E-state index contributed by atoms with van der Waals surface area (Å²) in [5.41, 5.74) is 0. The van der Waals surface area contributed by atoms with Gasteiger partial charge in [-0.15, -0.1) is 0 Å². The molecule has 0 heterocycles. The summed E-state index contributed by atoms with van der Waals surface area (Å²) in [6.45, 7) is 5.79. The Labute approximate surface area is 64.2 Å². The van der Waals surface area contributed by atoms with E-state index in [1.165, 1.54) is 32.2 Å². The van der Waals surface area contributed by atoms with Crippen LogP contribution in [0.4, 0.5) is 0 Å². The fourth-order valence-electron chi connectivity index (χ4n) is 1.74. The van der Waals surface area contributed by atoms with E-state index in [1.54, 1.807) is 0 Å². The molecule has 0 saturated heterocycles. The Hall–Kier alpha value is -0.0400. The molecule has 1 heteroatoms. The van der Waals surface area contributed by atoms with Crippen LogP contribution >= 0.6 is 0 Å². The standard InChI is InChI=1S/C9H19N/c1-3-6-10-9-5-4-8(2)7-9/h8-10H,3-7H2,1-2H3/t8-,9?/m1/s1. The maximum atomic E-state index is 3.56. The monoisotopic (exact) mass is 141 g/mol.